The van der Waals surface area contributed by atoms with Crippen LogP contribution in [-0.4, -0.2) is 59.1 Å². The first-order chi connectivity index (χ1) is 16.4. The first-order valence-corrected chi connectivity index (χ1v) is 12.2. The molecule has 34 heavy (non-hydrogen) atoms. The van der Waals surface area contributed by atoms with E-state index in [2.05, 4.69) is 27.7 Å². The van der Waals surface area contributed by atoms with Gasteiger partial charge in [0.25, 0.3) is 5.91 Å². The summed E-state index contributed by atoms with van der Waals surface area (Å²) < 4.78 is 13.6. The van der Waals surface area contributed by atoms with Crippen LogP contribution < -0.4 is 10.6 Å². The number of carboxylic acids is 1. The van der Waals surface area contributed by atoms with Gasteiger partial charge in [0.2, 0.25) is 0 Å². The largest absolute Gasteiger partial charge is 0.480 e. The zero-order valence-electron chi connectivity index (χ0n) is 19.4. The molecule has 0 radical (unpaired) electrons. The molecular formula is C25H32ClFN4O3. The highest BCUT2D eigenvalue weighted by Gasteiger charge is 2.23. The van der Waals surface area contributed by atoms with Gasteiger partial charge in [-0.05, 0) is 75.4 Å². The summed E-state index contributed by atoms with van der Waals surface area (Å²) in [5.41, 5.74) is 2.29. The molecule has 184 valence electrons. The highest BCUT2D eigenvalue weighted by atomic mass is 35.5. The van der Waals surface area contributed by atoms with Gasteiger partial charge in [0.15, 0.2) is 0 Å². The van der Waals surface area contributed by atoms with E-state index >= 15 is 0 Å². The van der Waals surface area contributed by atoms with Crippen molar-refractivity contribution in [3.05, 3.63) is 58.0 Å². The number of pyridine rings is 1. The predicted molar refractivity (Wildman–Crippen MR) is 131 cm³/mol. The summed E-state index contributed by atoms with van der Waals surface area (Å²) in [6, 6.07) is 7.05. The number of halogens is 2. The van der Waals surface area contributed by atoms with E-state index in [9.17, 15) is 19.1 Å². The Labute approximate surface area is 204 Å². The number of nitrogens with zero attached hydrogens (tertiary/aromatic N) is 2. The molecule has 1 aliphatic rings. The number of fused-ring (bicyclic) bond motifs is 1. The van der Waals surface area contributed by atoms with E-state index in [1.165, 1.54) is 17.7 Å². The minimum atomic E-state index is -1.14. The number of anilines is 1. The Kier molecular flexibility index (Phi) is 9.65. The van der Waals surface area contributed by atoms with Crippen molar-refractivity contribution in [3.63, 3.8) is 0 Å². The van der Waals surface area contributed by atoms with Crippen LogP contribution in [0.2, 0.25) is 5.02 Å². The van der Waals surface area contributed by atoms with E-state index in [1.807, 2.05) is 6.92 Å². The van der Waals surface area contributed by atoms with Gasteiger partial charge in [-0.1, -0.05) is 30.7 Å². The smallest absolute Gasteiger partial charge is 0.326 e. The fourth-order valence-electron chi connectivity index (χ4n) is 4.06. The van der Waals surface area contributed by atoms with Gasteiger partial charge >= 0.3 is 5.97 Å². The van der Waals surface area contributed by atoms with Crippen molar-refractivity contribution in [1.82, 2.24) is 15.2 Å². The lowest BCUT2D eigenvalue weighted by atomic mass is 10.1. The van der Waals surface area contributed by atoms with Gasteiger partial charge < -0.3 is 20.6 Å². The van der Waals surface area contributed by atoms with Gasteiger partial charge in [-0.15, -0.1) is 0 Å². The molecule has 0 aliphatic carbocycles. The average Bonchev–Trinajstić information content (AvgIpc) is 2.84. The van der Waals surface area contributed by atoms with Crippen molar-refractivity contribution in [2.75, 3.05) is 31.5 Å². The standard InChI is InChI=1S/C25H32ClFN4O3/c1-2-31(15-4-3-8-18-12-11-17-7-6-14-28-23(17)29-18)16-13-21(25(33)34)30-24(32)19-9-5-10-20(27)22(19)26/h5,9-12,21H,2-4,6-8,13-16H2,1H3,(H,28,29)(H,30,32)(H,33,34). The molecule has 0 saturated heterocycles. The number of hydrogen-bond acceptors (Lipinski definition) is 5. The molecule has 1 aliphatic heterocycles. The summed E-state index contributed by atoms with van der Waals surface area (Å²) in [5, 5.41) is 15.1. The van der Waals surface area contributed by atoms with Crippen LogP contribution in [0.15, 0.2) is 30.3 Å². The number of carbonyl (C=O) groups excluding carboxylic acids is 1. The van der Waals surface area contributed by atoms with Crippen LogP contribution in [-0.2, 0) is 17.6 Å². The highest BCUT2D eigenvalue weighted by molar-refractivity contribution is 6.34. The number of aliphatic carboxylic acids is 1. The normalized spacial score (nSPS) is 13.8. The fraction of sp³-hybridized carbons (Fsp3) is 0.480. The molecule has 3 N–H and O–H groups in total. The number of aromatic nitrogens is 1. The highest BCUT2D eigenvalue weighted by Crippen LogP contribution is 2.21. The molecule has 1 amide bonds. The number of amides is 1. The third-order valence-corrected chi connectivity index (χ3v) is 6.47. The number of unbranched alkanes of at least 4 members (excludes halogenated alkanes) is 1. The third-order valence-electron chi connectivity index (χ3n) is 6.09. The number of carbonyl (C=O) groups is 2. The number of nitrogens with one attached hydrogen (secondary N) is 2. The molecule has 0 saturated carbocycles. The van der Waals surface area contributed by atoms with Crippen LogP contribution in [0, 0.1) is 5.82 Å². The van der Waals surface area contributed by atoms with Crippen LogP contribution in [0.25, 0.3) is 0 Å². The SMILES string of the molecule is CCN(CCCCc1ccc2c(n1)NCCC2)CCC(NC(=O)c1cccc(F)c1Cl)C(=O)O. The maximum absolute atomic E-state index is 13.6. The van der Waals surface area contributed by atoms with Gasteiger partial charge in [-0.3, -0.25) is 4.79 Å². The minimum absolute atomic E-state index is 0.0775. The van der Waals surface area contributed by atoms with Crippen LogP contribution >= 0.6 is 11.6 Å². The number of hydrogen-bond donors (Lipinski definition) is 3. The number of carboxylic acid groups (broad SMARTS) is 1. The first-order valence-electron chi connectivity index (χ1n) is 11.8. The molecule has 0 bridgehead atoms. The Hall–Kier alpha value is -2.71. The lowest BCUT2D eigenvalue weighted by Gasteiger charge is -2.23. The molecule has 7 nitrogen and oxygen atoms in total. The van der Waals surface area contributed by atoms with Crippen molar-refractivity contribution in [1.29, 1.82) is 0 Å². The second-order valence-electron chi connectivity index (χ2n) is 8.49. The molecule has 2 heterocycles. The molecule has 1 unspecified atom stereocenters. The maximum Gasteiger partial charge on any atom is 0.326 e. The molecule has 0 fully saturated rings. The quantitative estimate of drug-likeness (QED) is 0.387. The number of benzene rings is 1. The number of aryl methyl sites for hydroxylation is 2. The summed E-state index contributed by atoms with van der Waals surface area (Å²) in [6.45, 7) is 5.12. The minimum Gasteiger partial charge on any atom is -0.480 e. The van der Waals surface area contributed by atoms with E-state index in [0.717, 1.165) is 69.3 Å². The Bertz CT molecular complexity index is 1000. The molecule has 9 heteroatoms. The van der Waals surface area contributed by atoms with Crippen molar-refractivity contribution < 1.29 is 19.1 Å². The van der Waals surface area contributed by atoms with Gasteiger partial charge in [0.05, 0.1) is 10.6 Å². The van der Waals surface area contributed by atoms with Crippen LogP contribution in [0.4, 0.5) is 10.2 Å². The zero-order valence-corrected chi connectivity index (χ0v) is 20.2. The van der Waals surface area contributed by atoms with Gasteiger partial charge in [0.1, 0.15) is 17.7 Å². The van der Waals surface area contributed by atoms with E-state index in [1.54, 1.807) is 0 Å². The second kappa shape index (κ2) is 12.7. The van der Waals surface area contributed by atoms with Crippen LogP contribution in [0.3, 0.4) is 0 Å². The predicted octanol–water partition coefficient (Wildman–Crippen LogP) is 4.15. The number of rotatable bonds is 12. The first kappa shape index (κ1) is 25.9. The molecule has 0 spiro atoms. The topological polar surface area (TPSA) is 94.6 Å². The summed E-state index contributed by atoms with van der Waals surface area (Å²) in [7, 11) is 0. The lowest BCUT2D eigenvalue weighted by molar-refractivity contribution is -0.139. The Morgan fingerprint density at radius 1 is 1.26 bits per heavy atom. The van der Waals surface area contributed by atoms with Gasteiger partial charge in [-0.2, -0.15) is 0 Å². The van der Waals surface area contributed by atoms with Crippen LogP contribution in [0.1, 0.15) is 54.2 Å². The monoisotopic (exact) mass is 490 g/mol. The summed E-state index contributed by atoms with van der Waals surface area (Å²) in [4.78, 5) is 31.0. The Morgan fingerprint density at radius 2 is 2.09 bits per heavy atom. The lowest BCUT2D eigenvalue weighted by Crippen LogP contribution is -2.43. The van der Waals surface area contributed by atoms with Crippen molar-refractivity contribution >= 4 is 29.3 Å². The Morgan fingerprint density at radius 3 is 2.85 bits per heavy atom. The molecule has 1 atom stereocenters. The molecule has 1 aromatic carbocycles. The Balaban J connectivity index is 1.44. The third kappa shape index (κ3) is 7.14. The molecule has 3 rings (SSSR count). The molecule has 2 aromatic rings. The van der Waals surface area contributed by atoms with Crippen molar-refractivity contribution in [2.24, 2.45) is 0 Å². The fourth-order valence-corrected chi connectivity index (χ4v) is 4.27. The van der Waals surface area contributed by atoms with Gasteiger partial charge in [0, 0.05) is 18.8 Å². The molecule has 1 aromatic heterocycles. The maximum atomic E-state index is 13.6. The van der Waals surface area contributed by atoms with E-state index in [0.29, 0.717) is 6.54 Å². The summed E-state index contributed by atoms with van der Waals surface area (Å²) >= 11 is 5.85. The van der Waals surface area contributed by atoms with E-state index in [-0.39, 0.29) is 17.0 Å². The second-order valence-corrected chi connectivity index (χ2v) is 8.86. The summed E-state index contributed by atoms with van der Waals surface area (Å²) in [5.74, 6) is -1.54. The van der Waals surface area contributed by atoms with Crippen molar-refractivity contribution in [2.45, 2.75) is 51.5 Å². The van der Waals surface area contributed by atoms with E-state index < -0.39 is 23.7 Å². The molecular weight excluding hydrogens is 459 g/mol. The van der Waals surface area contributed by atoms with Gasteiger partial charge in [-0.25, -0.2) is 14.2 Å². The van der Waals surface area contributed by atoms with Crippen molar-refractivity contribution in [3.8, 4) is 0 Å². The average molecular weight is 491 g/mol. The summed E-state index contributed by atoms with van der Waals surface area (Å²) in [6.07, 6.45) is 5.30. The van der Waals surface area contributed by atoms with E-state index in [4.69, 9.17) is 16.6 Å². The van der Waals surface area contributed by atoms with Crippen LogP contribution in [0.5, 0.6) is 0 Å². The zero-order chi connectivity index (χ0) is 24.5.